The summed E-state index contributed by atoms with van der Waals surface area (Å²) >= 11 is 0. The highest BCUT2D eigenvalue weighted by molar-refractivity contribution is 5.82. The third-order valence-electron chi connectivity index (χ3n) is 3.98. The Hall–Kier alpha value is -1.10. The van der Waals surface area contributed by atoms with Crippen LogP contribution in [0.4, 0.5) is 0 Å². The van der Waals surface area contributed by atoms with Gasteiger partial charge in [0, 0.05) is 30.3 Å². The lowest BCUT2D eigenvalue weighted by Crippen LogP contribution is -2.40. The van der Waals surface area contributed by atoms with Crippen molar-refractivity contribution in [2.24, 2.45) is 10.8 Å². The van der Waals surface area contributed by atoms with Crippen LogP contribution in [0, 0.1) is 10.8 Å². The third kappa shape index (κ3) is 5.12. The topological polar surface area (TPSA) is 78.4 Å². The second-order valence-corrected chi connectivity index (χ2v) is 6.90. The Bertz CT molecular complexity index is 342. The molecule has 1 fully saturated rings. The van der Waals surface area contributed by atoms with Crippen molar-refractivity contribution in [3.05, 3.63) is 0 Å². The molecule has 1 rings (SSSR count). The molecule has 0 aromatic rings. The molecule has 20 heavy (non-hydrogen) atoms. The molecule has 0 atom stereocenters. The van der Waals surface area contributed by atoms with Crippen molar-refractivity contribution in [1.29, 1.82) is 0 Å². The number of rotatable bonds is 6. The summed E-state index contributed by atoms with van der Waals surface area (Å²) in [5, 5.41) is 15.1. The van der Waals surface area contributed by atoms with Crippen LogP contribution in [0.3, 0.4) is 0 Å². The Morgan fingerprint density at radius 2 is 1.75 bits per heavy atom. The van der Waals surface area contributed by atoms with E-state index in [2.05, 4.69) is 10.6 Å². The monoisotopic (exact) mass is 284 g/mol. The Labute approximate surface area is 121 Å². The van der Waals surface area contributed by atoms with Crippen LogP contribution >= 0.6 is 0 Å². The maximum atomic E-state index is 11.7. The van der Waals surface area contributed by atoms with Crippen LogP contribution in [0.1, 0.15) is 52.9 Å². The molecule has 1 aliphatic carbocycles. The first-order valence-electron chi connectivity index (χ1n) is 7.45. The molecule has 1 aliphatic rings. The number of hydrogen-bond acceptors (Lipinski definition) is 3. The summed E-state index contributed by atoms with van der Waals surface area (Å²) in [4.78, 5) is 23.4. The quantitative estimate of drug-likeness (QED) is 0.686. The Morgan fingerprint density at radius 3 is 2.25 bits per heavy atom. The standard InChI is InChI=1S/C15H28N2O3/c1-14(2,3)13(20)16-9-6-12(19)17-10-15(11-18)7-4-5-8-15/h18H,4-11H2,1-3H3,(H,16,20)(H,17,19). The van der Waals surface area contributed by atoms with Crippen LogP contribution in [0.25, 0.3) is 0 Å². The van der Waals surface area contributed by atoms with Crippen molar-refractivity contribution in [3.8, 4) is 0 Å². The lowest BCUT2D eigenvalue weighted by atomic mass is 9.87. The fraction of sp³-hybridized carbons (Fsp3) is 0.867. The van der Waals surface area contributed by atoms with Gasteiger partial charge in [0.25, 0.3) is 0 Å². The minimum absolute atomic E-state index is 0.0482. The molecule has 116 valence electrons. The summed E-state index contributed by atoms with van der Waals surface area (Å²) in [5.74, 6) is -0.119. The average Bonchev–Trinajstić information content (AvgIpc) is 2.84. The van der Waals surface area contributed by atoms with Gasteiger partial charge < -0.3 is 15.7 Å². The first-order valence-corrected chi connectivity index (χ1v) is 7.45. The molecule has 0 spiro atoms. The van der Waals surface area contributed by atoms with Crippen LogP contribution in [0.2, 0.25) is 0 Å². The van der Waals surface area contributed by atoms with Crippen molar-refractivity contribution in [2.45, 2.75) is 52.9 Å². The normalized spacial score (nSPS) is 17.8. The molecule has 0 aromatic carbocycles. The largest absolute Gasteiger partial charge is 0.396 e. The van der Waals surface area contributed by atoms with E-state index in [-0.39, 0.29) is 30.3 Å². The van der Waals surface area contributed by atoms with E-state index in [9.17, 15) is 14.7 Å². The Kier molecular flexibility index (Phi) is 5.99. The van der Waals surface area contributed by atoms with Crippen molar-refractivity contribution in [1.82, 2.24) is 10.6 Å². The fourth-order valence-electron chi connectivity index (χ4n) is 2.44. The minimum atomic E-state index is -0.429. The summed E-state index contributed by atoms with van der Waals surface area (Å²) < 4.78 is 0. The summed E-state index contributed by atoms with van der Waals surface area (Å²) in [7, 11) is 0. The van der Waals surface area contributed by atoms with Gasteiger partial charge in [-0.25, -0.2) is 0 Å². The first kappa shape index (κ1) is 17.0. The van der Waals surface area contributed by atoms with E-state index in [1.54, 1.807) is 0 Å². The summed E-state index contributed by atoms with van der Waals surface area (Å²) in [6.07, 6.45) is 4.48. The molecule has 5 nitrogen and oxygen atoms in total. The van der Waals surface area contributed by atoms with E-state index >= 15 is 0 Å². The van der Waals surface area contributed by atoms with Gasteiger partial charge in [-0.1, -0.05) is 33.6 Å². The first-order chi connectivity index (χ1) is 9.29. The van der Waals surface area contributed by atoms with Gasteiger partial charge >= 0.3 is 0 Å². The van der Waals surface area contributed by atoms with Crippen molar-refractivity contribution in [2.75, 3.05) is 19.7 Å². The molecule has 5 heteroatoms. The van der Waals surface area contributed by atoms with Gasteiger partial charge in [0.2, 0.25) is 11.8 Å². The molecule has 1 saturated carbocycles. The minimum Gasteiger partial charge on any atom is -0.396 e. The number of carbonyl (C=O) groups excluding carboxylic acids is 2. The van der Waals surface area contributed by atoms with Gasteiger partial charge in [-0.15, -0.1) is 0 Å². The maximum absolute atomic E-state index is 11.7. The van der Waals surface area contributed by atoms with E-state index in [1.807, 2.05) is 20.8 Å². The zero-order valence-corrected chi connectivity index (χ0v) is 12.9. The van der Waals surface area contributed by atoms with E-state index in [4.69, 9.17) is 0 Å². The maximum Gasteiger partial charge on any atom is 0.225 e. The third-order valence-corrected chi connectivity index (χ3v) is 3.98. The van der Waals surface area contributed by atoms with E-state index in [0.29, 0.717) is 13.1 Å². The van der Waals surface area contributed by atoms with Gasteiger partial charge in [-0.3, -0.25) is 9.59 Å². The molecule has 0 saturated heterocycles. The molecule has 2 amide bonds. The summed E-state index contributed by atoms with van der Waals surface area (Å²) in [6, 6.07) is 0. The smallest absolute Gasteiger partial charge is 0.225 e. The number of amides is 2. The molecule has 0 bridgehead atoms. The van der Waals surface area contributed by atoms with Crippen molar-refractivity contribution >= 4 is 11.8 Å². The highest BCUT2D eigenvalue weighted by Crippen LogP contribution is 2.36. The molecular formula is C15H28N2O3. The van der Waals surface area contributed by atoms with Crippen LogP contribution in [0.15, 0.2) is 0 Å². The number of aliphatic hydroxyl groups excluding tert-OH is 1. The van der Waals surface area contributed by atoms with Crippen molar-refractivity contribution in [3.63, 3.8) is 0 Å². The number of hydrogen-bond donors (Lipinski definition) is 3. The number of carbonyl (C=O) groups is 2. The van der Waals surface area contributed by atoms with Gasteiger partial charge in [-0.2, -0.15) is 0 Å². The highest BCUT2D eigenvalue weighted by Gasteiger charge is 2.33. The molecule has 0 aliphatic heterocycles. The summed E-state index contributed by atoms with van der Waals surface area (Å²) in [6.45, 7) is 6.55. The molecular weight excluding hydrogens is 256 g/mol. The van der Waals surface area contributed by atoms with Gasteiger partial charge in [-0.05, 0) is 12.8 Å². The molecule has 0 unspecified atom stereocenters. The SMILES string of the molecule is CC(C)(C)C(=O)NCCC(=O)NCC1(CO)CCCC1. The molecule has 0 aromatic heterocycles. The predicted octanol–water partition coefficient (Wildman–Crippen LogP) is 1.21. The Morgan fingerprint density at radius 1 is 1.15 bits per heavy atom. The van der Waals surface area contributed by atoms with E-state index in [1.165, 1.54) is 0 Å². The Balaban J connectivity index is 2.22. The van der Waals surface area contributed by atoms with Crippen LogP contribution in [-0.2, 0) is 9.59 Å². The van der Waals surface area contributed by atoms with Gasteiger partial charge in [0.15, 0.2) is 0 Å². The lowest BCUT2D eigenvalue weighted by Gasteiger charge is -2.26. The zero-order valence-electron chi connectivity index (χ0n) is 12.9. The number of aliphatic hydroxyl groups is 1. The lowest BCUT2D eigenvalue weighted by molar-refractivity contribution is -0.128. The number of nitrogens with one attached hydrogen (secondary N) is 2. The second-order valence-electron chi connectivity index (χ2n) is 6.90. The van der Waals surface area contributed by atoms with E-state index in [0.717, 1.165) is 25.7 Å². The predicted molar refractivity (Wildman–Crippen MR) is 78.1 cm³/mol. The molecule has 0 heterocycles. The van der Waals surface area contributed by atoms with Crippen LogP contribution in [-0.4, -0.2) is 36.6 Å². The highest BCUT2D eigenvalue weighted by atomic mass is 16.3. The van der Waals surface area contributed by atoms with Gasteiger partial charge in [0.05, 0.1) is 6.61 Å². The van der Waals surface area contributed by atoms with E-state index < -0.39 is 5.41 Å². The van der Waals surface area contributed by atoms with Crippen molar-refractivity contribution < 1.29 is 14.7 Å². The second kappa shape index (κ2) is 7.07. The molecule has 3 N–H and O–H groups in total. The average molecular weight is 284 g/mol. The van der Waals surface area contributed by atoms with Crippen LogP contribution < -0.4 is 10.6 Å². The van der Waals surface area contributed by atoms with Crippen LogP contribution in [0.5, 0.6) is 0 Å². The van der Waals surface area contributed by atoms with Gasteiger partial charge in [0.1, 0.15) is 0 Å². The molecule has 0 radical (unpaired) electrons. The summed E-state index contributed by atoms with van der Waals surface area (Å²) in [5.41, 5.74) is -0.550. The fourth-order valence-corrected chi connectivity index (χ4v) is 2.44. The zero-order chi connectivity index (χ0) is 15.2.